The Morgan fingerprint density at radius 1 is 1.47 bits per heavy atom. The molecule has 0 saturated heterocycles. The van der Waals surface area contributed by atoms with E-state index in [4.69, 9.17) is 5.73 Å². The lowest BCUT2D eigenvalue weighted by molar-refractivity contribution is -0.118. The van der Waals surface area contributed by atoms with Crippen molar-refractivity contribution in [1.82, 2.24) is 0 Å². The normalized spacial score (nSPS) is 14.2. The van der Waals surface area contributed by atoms with E-state index in [1.54, 1.807) is 13.0 Å². The summed E-state index contributed by atoms with van der Waals surface area (Å²) in [4.78, 5) is 11.8. The van der Waals surface area contributed by atoms with Gasteiger partial charge in [0, 0.05) is 5.69 Å². The largest absolute Gasteiger partial charge is 0.325 e. The molecule has 1 rings (SSSR count). The Bertz CT molecular complexity index is 386. The first-order valence-corrected chi connectivity index (χ1v) is 5.77. The van der Waals surface area contributed by atoms with Gasteiger partial charge < -0.3 is 11.1 Å². The van der Waals surface area contributed by atoms with Crippen molar-refractivity contribution in [3.8, 4) is 0 Å². The van der Waals surface area contributed by atoms with Gasteiger partial charge in [-0.15, -0.1) is 0 Å². The molecule has 0 fully saturated rings. The molecule has 1 aromatic carbocycles. The Labute approximate surface area is 101 Å². The zero-order valence-electron chi connectivity index (χ0n) is 10.5. The molecule has 17 heavy (non-hydrogen) atoms. The zero-order valence-corrected chi connectivity index (χ0v) is 10.5. The van der Waals surface area contributed by atoms with Crippen LogP contribution in [0.15, 0.2) is 18.2 Å². The second-order valence-corrected chi connectivity index (χ2v) is 4.42. The van der Waals surface area contributed by atoms with Crippen molar-refractivity contribution in [2.75, 3.05) is 5.32 Å². The first-order chi connectivity index (χ1) is 7.93. The number of carbonyl (C=O) groups excluding carboxylic acids is 1. The molecular weight excluding hydrogens is 219 g/mol. The molecule has 0 radical (unpaired) electrons. The van der Waals surface area contributed by atoms with Crippen molar-refractivity contribution in [1.29, 1.82) is 0 Å². The molecule has 94 valence electrons. The average Bonchev–Trinajstić information content (AvgIpc) is 2.25. The topological polar surface area (TPSA) is 55.1 Å². The number of nitrogens with one attached hydrogen (secondary N) is 1. The molecule has 0 saturated carbocycles. The molecule has 0 aromatic heterocycles. The third-order valence-electron chi connectivity index (χ3n) is 2.87. The Kier molecular flexibility index (Phi) is 4.63. The van der Waals surface area contributed by atoms with Gasteiger partial charge in [0.25, 0.3) is 0 Å². The van der Waals surface area contributed by atoms with Gasteiger partial charge >= 0.3 is 0 Å². The second-order valence-electron chi connectivity index (χ2n) is 4.42. The summed E-state index contributed by atoms with van der Waals surface area (Å²) in [6.07, 6.45) is 0.830. The Morgan fingerprint density at radius 2 is 2.12 bits per heavy atom. The lowest BCUT2D eigenvalue weighted by Gasteiger charge is -2.17. The van der Waals surface area contributed by atoms with Gasteiger partial charge in [0.1, 0.15) is 5.82 Å². The highest BCUT2D eigenvalue weighted by Crippen LogP contribution is 2.14. The molecule has 4 heteroatoms. The summed E-state index contributed by atoms with van der Waals surface area (Å²) in [5, 5.41) is 2.63. The number of nitrogens with two attached hydrogens (primary N) is 1. The first-order valence-electron chi connectivity index (χ1n) is 5.77. The molecule has 0 aliphatic rings. The fraction of sp³-hybridized carbons (Fsp3) is 0.462. The van der Waals surface area contributed by atoms with Crippen LogP contribution in [0, 0.1) is 18.7 Å². The van der Waals surface area contributed by atoms with Crippen molar-refractivity contribution >= 4 is 11.6 Å². The van der Waals surface area contributed by atoms with Crippen molar-refractivity contribution < 1.29 is 9.18 Å². The maximum atomic E-state index is 13.1. The number of carbonyl (C=O) groups is 1. The summed E-state index contributed by atoms with van der Waals surface area (Å²) in [6.45, 7) is 5.67. The molecule has 3 N–H and O–H groups in total. The summed E-state index contributed by atoms with van der Waals surface area (Å²) in [5.74, 6) is -0.536. The van der Waals surface area contributed by atoms with Gasteiger partial charge in [0.2, 0.25) is 5.91 Å². The molecule has 1 unspecified atom stereocenters. The predicted molar refractivity (Wildman–Crippen MR) is 67.2 cm³/mol. The minimum Gasteiger partial charge on any atom is -0.325 e. The van der Waals surface area contributed by atoms with E-state index in [1.807, 2.05) is 13.8 Å². The van der Waals surface area contributed by atoms with Crippen molar-refractivity contribution in [2.45, 2.75) is 33.2 Å². The molecule has 0 bridgehead atoms. The van der Waals surface area contributed by atoms with E-state index in [0.717, 1.165) is 12.0 Å². The molecule has 3 nitrogen and oxygen atoms in total. The van der Waals surface area contributed by atoms with Crippen LogP contribution in [-0.4, -0.2) is 11.9 Å². The summed E-state index contributed by atoms with van der Waals surface area (Å²) < 4.78 is 13.1. The Hall–Kier alpha value is -1.42. The highest BCUT2D eigenvalue weighted by atomic mass is 19.1. The lowest BCUT2D eigenvalue weighted by Crippen LogP contribution is -2.40. The number of halogens is 1. The molecule has 0 heterocycles. The van der Waals surface area contributed by atoms with E-state index >= 15 is 0 Å². The maximum absolute atomic E-state index is 13.1. The number of hydrogen-bond acceptors (Lipinski definition) is 2. The number of aryl methyl sites for hydroxylation is 1. The summed E-state index contributed by atoms with van der Waals surface area (Å²) >= 11 is 0. The van der Waals surface area contributed by atoms with Crippen LogP contribution in [0.4, 0.5) is 10.1 Å². The Morgan fingerprint density at radius 3 is 2.65 bits per heavy atom. The van der Waals surface area contributed by atoms with Crippen LogP contribution in [-0.2, 0) is 4.79 Å². The van der Waals surface area contributed by atoms with Crippen LogP contribution in [0.2, 0.25) is 0 Å². The standard InChI is InChI=1S/C13H19FN2O/c1-4-9(3)12(15)13(17)16-11-6-8(2)5-10(14)7-11/h5-7,9,12H,4,15H2,1-3H3,(H,16,17)/t9?,12-/m0/s1. The van der Waals surface area contributed by atoms with E-state index in [1.165, 1.54) is 12.1 Å². The van der Waals surface area contributed by atoms with Crippen molar-refractivity contribution in [3.05, 3.63) is 29.6 Å². The average molecular weight is 238 g/mol. The number of anilines is 1. The quantitative estimate of drug-likeness (QED) is 0.846. The highest BCUT2D eigenvalue weighted by Gasteiger charge is 2.19. The third kappa shape index (κ3) is 3.82. The van der Waals surface area contributed by atoms with Gasteiger partial charge in [0.05, 0.1) is 6.04 Å². The molecular formula is C13H19FN2O. The smallest absolute Gasteiger partial charge is 0.241 e. The first kappa shape index (κ1) is 13.6. The van der Waals surface area contributed by atoms with Gasteiger partial charge in [-0.1, -0.05) is 20.3 Å². The monoisotopic (exact) mass is 238 g/mol. The van der Waals surface area contributed by atoms with E-state index < -0.39 is 6.04 Å². The van der Waals surface area contributed by atoms with E-state index in [2.05, 4.69) is 5.32 Å². The van der Waals surface area contributed by atoms with Crippen LogP contribution < -0.4 is 11.1 Å². The van der Waals surface area contributed by atoms with Crippen molar-refractivity contribution in [2.24, 2.45) is 11.7 Å². The van der Waals surface area contributed by atoms with Crippen LogP contribution in [0.1, 0.15) is 25.8 Å². The van der Waals surface area contributed by atoms with Crippen molar-refractivity contribution in [3.63, 3.8) is 0 Å². The van der Waals surface area contributed by atoms with Crippen LogP contribution >= 0.6 is 0 Å². The van der Waals surface area contributed by atoms with Gasteiger partial charge in [-0.2, -0.15) is 0 Å². The number of amides is 1. The van der Waals surface area contributed by atoms with E-state index in [-0.39, 0.29) is 17.6 Å². The number of benzene rings is 1. The van der Waals surface area contributed by atoms with Crippen LogP contribution in [0.5, 0.6) is 0 Å². The molecule has 0 aliphatic carbocycles. The maximum Gasteiger partial charge on any atom is 0.241 e. The SMILES string of the molecule is CCC(C)[C@H](N)C(=O)Nc1cc(C)cc(F)c1. The molecule has 1 aromatic rings. The fourth-order valence-corrected chi connectivity index (χ4v) is 1.55. The van der Waals surface area contributed by atoms with Gasteiger partial charge in [-0.25, -0.2) is 4.39 Å². The Balaban J connectivity index is 2.74. The highest BCUT2D eigenvalue weighted by molar-refractivity contribution is 5.94. The second kappa shape index (κ2) is 5.77. The van der Waals surface area contributed by atoms with Crippen LogP contribution in [0.3, 0.4) is 0 Å². The van der Waals surface area contributed by atoms with E-state index in [9.17, 15) is 9.18 Å². The minimum absolute atomic E-state index is 0.102. The minimum atomic E-state index is -0.566. The van der Waals surface area contributed by atoms with Gasteiger partial charge in [-0.05, 0) is 36.6 Å². The number of hydrogen-bond donors (Lipinski definition) is 2. The molecule has 0 aliphatic heterocycles. The summed E-state index contributed by atoms with van der Waals surface area (Å²) in [7, 11) is 0. The molecule has 0 spiro atoms. The zero-order chi connectivity index (χ0) is 13.0. The molecule has 1 amide bonds. The fourth-order valence-electron chi connectivity index (χ4n) is 1.55. The van der Waals surface area contributed by atoms with E-state index in [0.29, 0.717) is 5.69 Å². The summed E-state index contributed by atoms with van der Waals surface area (Å²) in [6, 6.07) is 3.84. The summed E-state index contributed by atoms with van der Waals surface area (Å²) in [5.41, 5.74) is 7.00. The lowest BCUT2D eigenvalue weighted by atomic mass is 9.99. The van der Waals surface area contributed by atoms with Gasteiger partial charge in [0.15, 0.2) is 0 Å². The predicted octanol–water partition coefficient (Wildman–Crippen LogP) is 2.45. The molecule has 2 atom stereocenters. The van der Waals surface area contributed by atoms with Gasteiger partial charge in [-0.3, -0.25) is 4.79 Å². The number of rotatable bonds is 4. The van der Waals surface area contributed by atoms with Crippen LogP contribution in [0.25, 0.3) is 0 Å². The third-order valence-corrected chi connectivity index (χ3v) is 2.87.